The number of carbonyl (C=O) groups is 1. The molecule has 4 rings (SSSR count). The van der Waals surface area contributed by atoms with Crippen molar-refractivity contribution in [1.29, 1.82) is 0 Å². The van der Waals surface area contributed by atoms with Crippen LogP contribution >= 0.6 is 0 Å². The van der Waals surface area contributed by atoms with E-state index in [1.165, 1.54) is 6.42 Å². The summed E-state index contributed by atoms with van der Waals surface area (Å²) in [4.78, 5) is 21.0. The number of hydrogen-bond acceptors (Lipinski definition) is 5. The Morgan fingerprint density at radius 2 is 2.17 bits per heavy atom. The molecule has 29 heavy (non-hydrogen) atoms. The molecule has 1 aliphatic rings. The van der Waals surface area contributed by atoms with Crippen LogP contribution in [-0.2, 0) is 17.8 Å². The van der Waals surface area contributed by atoms with E-state index in [0.29, 0.717) is 12.6 Å². The molecule has 1 fully saturated rings. The number of carbonyl (C=O) groups excluding carboxylic acids is 1. The lowest BCUT2D eigenvalue weighted by Gasteiger charge is -2.26. The third-order valence-electron chi connectivity index (χ3n) is 5.10. The molecule has 7 nitrogen and oxygen atoms in total. The molecule has 0 atom stereocenters. The standard InChI is InChI=1S/C22H27N5O2/c1-14(2)25-21(28)10-20-18-13-27(26-19(18)7-8-23-20)12-16-9-15(3)22(24-11-16)29-17-5-4-6-17/h7-9,11,13-14,17H,4-6,10,12H2,1-3H3,(H,25,28). The van der Waals surface area contributed by atoms with Crippen molar-refractivity contribution in [1.82, 2.24) is 25.1 Å². The summed E-state index contributed by atoms with van der Waals surface area (Å²) < 4.78 is 7.81. The van der Waals surface area contributed by atoms with E-state index >= 15 is 0 Å². The number of ether oxygens (including phenoxy) is 1. The normalized spacial score (nSPS) is 14.2. The lowest BCUT2D eigenvalue weighted by Crippen LogP contribution is -2.31. The van der Waals surface area contributed by atoms with Crippen molar-refractivity contribution < 1.29 is 9.53 Å². The van der Waals surface area contributed by atoms with Gasteiger partial charge in [0.1, 0.15) is 6.10 Å². The molecule has 1 aliphatic carbocycles. The van der Waals surface area contributed by atoms with Crippen molar-refractivity contribution in [2.45, 2.75) is 65.1 Å². The molecule has 1 amide bonds. The fourth-order valence-electron chi connectivity index (χ4n) is 3.46. The summed E-state index contributed by atoms with van der Waals surface area (Å²) in [5.74, 6) is 0.696. The van der Waals surface area contributed by atoms with Crippen molar-refractivity contribution in [2.75, 3.05) is 0 Å². The van der Waals surface area contributed by atoms with Gasteiger partial charge in [-0.1, -0.05) is 0 Å². The SMILES string of the molecule is Cc1cc(Cn2cc3c(CC(=O)NC(C)C)nccc3n2)cnc1OC1CCC1. The van der Waals surface area contributed by atoms with Gasteiger partial charge in [-0.3, -0.25) is 14.5 Å². The maximum absolute atomic E-state index is 12.1. The molecule has 3 heterocycles. The molecular weight excluding hydrogens is 366 g/mol. The van der Waals surface area contributed by atoms with Gasteiger partial charge in [-0.05, 0) is 57.7 Å². The number of amides is 1. The van der Waals surface area contributed by atoms with Crippen molar-refractivity contribution in [2.24, 2.45) is 0 Å². The fraction of sp³-hybridized carbons (Fsp3) is 0.455. The summed E-state index contributed by atoms with van der Waals surface area (Å²) in [6, 6.07) is 4.08. The van der Waals surface area contributed by atoms with Crippen LogP contribution in [0.25, 0.3) is 10.9 Å². The fourth-order valence-corrected chi connectivity index (χ4v) is 3.46. The second kappa shape index (κ2) is 8.19. The average Bonchev–Trinajstić information content (AvgIpc) is 3.02. The van der Waals surface area contributed by atoms with Crippen LogP contribution in [0.2, 0.25) is 0 Å². The molecule has 1 N–H and O–H groups in total. The lowest BCUT2D eigenvalue weighted by molar-refractivity contribution is -0.120. The molecule has 0 aliphatic heterocycles. The second-order valence-electron chi connectivity index (χ2n) is 8.05. The van der Waals surface area contributed by atoms with Crippen LogP contribution in [0.3, 0.4) is 0 Å². The molecular formula is C22H27N5O2. The van der Waals surface area contributed by atoms with Crippen LogP contribution in [0.4, 0.5) is 0 Å². The van der Waals surface area contributed by atoms with Crippen LogP contribution in [-0.4, -0.2) is 37.8 Å². The van der Waals surface area contributed by atoms with Crippen molar-refractivity contribution in [3.8, 4) is 5.88 Å². The summed E-state index contributed by atoms with van der Waals surface area (Å²) in [6.45, 7) is 6.52. The zero-order valence-corrected chi connectivity index (χ0v) is 17.2. The molecule has 3 aromatic rings. The van der Waals surface area contributed by atoms with E-state index < -0.39 is 0 Å². The van der Waals surface area contributed by atoms with E-state index in [2.05, 4.69) is 26.4 Å². The zero-order valence-electron chi connectivity index (χ0n) is 17.2. The van der Waals surface area contributed by atoms with E-state index in [9.17, 15) is 4.79 Å². The largest absolute Gasteiger partial charge is 0.474 e. The Bertz CT molecular complexity index is 1020. The van der Waals surface area contributed by atoms with Crippen LogP contribution in [0, 0.1) is 6.92 Å². The summed E-state index contributed by atoms with van der Waals surface area (Å²) in [5.41, 5.74) is 3.68. The van der Waals surface area contributed by atoms with Crippen LogP contribution in [0.15, 0.2) is 30.7 Å². The monoisotopic (exact) mass is 393 g/mol. The third-order valence-corrected chi connectivity index (χ3v) is 5.10. The Kier molecular flexibility index (Phi) is 5.47. The number of pyridine rings is 2. The van der Waals surface area contributed by atoms with Gasteiger partial charge >= 0.3 is 0 Å². The first-order valence-electron chi connectivity index (χ1n) is 10.2. The number of rotatable bonds is 7. The first-order chi connectivity index (χ1) is 14.0. The van der Waals surface area contributed by atoms with E-state index in [4.69, 9.17) is 4.74 Å². The number of nitrogens with zero attached hydrogens (tertiary/aromatic N) is 4. The maximum Gasteiger partial charge on any atom is 0.226 e. The quantitative estimate of drug-likeness (QED) is 0.667. The first-order valence-corrected chi connectivity index (χ1v) is 10.2. The highest BCUT2D eigenvalue weighted by Crippen LogP contribution is 2.26. The maximum atomic E-state index is 12.1. The minimum absolute atomic E-state index is 0.0328. The highest BCUT2D eigenvalue weighted by atomic mass is 16.5. The van der Waals surface area contributed by atoms with Gasteiger partial charge in [0.25, 0.3) is 0 Å². The summed E-state index contributed by atoms with van der Waals surface area (Å²) in [5, 5.41) is 8.46. The molecule has 7 heteroatoms. The Morgan fingerprint density at radius 3 is 2.86 bits per heavy atom. The molecule has 0 bridgehead atoms. The van der Waals surface area contributed by atoms with Gasteiger partial charge in [0.15, 0.2) is 0 Å². The molecule has 0 spiro atoms. The van der Waals surface area contributed by atoms with Gasteiger partial charge < -0.3 is 10.1 Å². The zero-order chi connectivity index (χ0) is 20.4. The predicted molar refractivity (Wildman–Crippen MR) is 111 cm³/mol. The number of nitrogens with one attached hydrogen (secondary N) is 1. The third kappa shape index (κ3) is 4.55. The number of hydrogen-bond donors (Lipinski definition) is 1. The number of aryl methyl sites for hydroxylation is 1. The smallest absolute Gasteiger partial charge is 0.226 e. The van der Waals surface area contributed by atoms with E-state index in [-0.39, 0.29) is 18.4 Å². The van der Waals surface area contributed by atoms with E-state index in [1.54, 1.807) is 6.20 Å². The predicted octanol–water partition coefficient (Wildman–Crippen LogP) is 3.18. The van der Waals surface area contributed by atoms with Gasteiger partial charge in [-0.2, -0.15) is 5.10 Å². The average molecular weight is 393 g/mol. The molecule has 152 valence electrons. The van der Waals surface area contributed by atoms with Gasteiger partial charge in [0, 0.05) is 35.6 Å². The Morgan fingerprint density at radius 1 is 1.34 bits per heavy atom. The topological polar surface area (TPSA) is 81.9 Å². The Hall–Kier alpha value is -2.96. The molecule has 0 saturated heterocycles. The molecule has 0 radical (unpaired) electrons. The summed E-state index contributed by atoms with van der Waals surface area (Å²) in [6.07, 6.45) is 9.55. The molecule has 0 unspecified atom stereocenters. The summed E-state index contributed by atoms with van der Waals surface area (Å²) in [7, 11) is 0. The first kappa shape index (κ1) is 19.4. The van der Waals surface area contributed by atoms with Gasteiger partial charge in [-0.15, -0.1) is 0 Å². The Labute approximate surface area is 170 Å². The van der Waals surface area contributed by atoms with Gasteiger partial charge in [0.2, 0.25) is 11.8 Å². The molecule has 3 aromatic heterocycles. The molecule has 1 saturated carbocycles. The van der Waals surface area contributed by atoms with Crippen LogP contribution < -0.4 is 10.1 Å². The minimum Gasteiger partial charge on any atom is -0.474 e. The second-order valence-corrected chi connectivity index (χ2v) is 8.05. The van der Waals surface area contributed by atoms with Crippen LogP contribution in [0.1, 0.15) is 49.9 Å². The van der Waals surface area contributed by atoms with Crippen molar-refractivity contribution >= 4 is 16.8 Å². The summed E-state index contributed by atoms with van der Waals surface area (Å²) >= 11 is 0. The number of fused-ring (bicyclic) bond motifs is 1. The van der Waals surface area contributed by atoms with Gasteiger partial charge in [-0.25, -0.2) is 4.98 Å². The van der Waals surface area contributed by atoms with Crippen molar-refractivity contribution in [3.63, 3.8) is 0 Å². The molecule has 0 aromatic carbocycles. The van der Waals surface area contributed by atoms with E-state index in [0.717, 1.165) is 46.4 Å². The van der Waals surface area contributed by atoms with E-state index in [1.807, 2.05) is 43.9 Å². The van der Waals surface area contributed by atoms with Crippen molar-refractivity contribution in [3.05, 3.63) is 47.5 Å². The number of aromatic nitrogens is 4. The highest BCUT2D eigenvalue weighted by molar-refractivity contribution is 5.86. The minimum atomic E-state index is -0.0328. The lowest BCUT2D eigenvalue weighted by atomic mass is 9.96. The Balaban J connectivity index is 1.50. The van der Waals surface area contributed by atoms with Gasteiger partial charge in [0.05, 0.1) is 24.2 Å². The highest BCUT2D eigenvalue weighted by Gasteiger charge is 2.20. The van der Waals surface area contributed by atoms with Crippen LogP contribution in [0.5, 0.6) is 5.88 Å².